The maximum absolute atomic E-state index is 14.5. The predicted octanol–water partition coefficient (Wildman–Crippen LogP) is 4.77. The summed E-state index contributed by atoms with van der Waals surface area (Å²) in [5.74, 6) is -2.48. The Morgan fingerprint density at radius 3 is 2.58 bits per heavy atom. The van der Waals surface area contributed by atoms with Crippen LogP contribution in [0.4, 0.5) is 20.2 Å². The molecule has 36 heavy (non-hydrogen) atoms. The molecule has 3 rings (SSSR count). The van der Waals surface area contributed by atoms with Gasteiger partial charge in [-0.3, -0.25) is 9.00 Å². The van der Waals surface area contributed by atoms with Crippen molar-refractivity contribution in [2.24, 2.45) is 0 Å². The number of rotatable bonds is 10. The summed E-state index contributed by atoms with van der Waals surface area (Å²) in [5, 5.41) is 10.7. The molecular formula is C24H20ClF2N4O4S-. The smallest absolute Gasteiger partial charge is 0.258 e. The zero-order valence-corrected chi connectivity index (χ0v) is 20.5. The van der Waals surface area contributed by atoms with E-state index in [-0.39, 0.29) is 17.3 Å². The minimum atomic E-state index is -2.75. The number of hydrogen-bond acceptors (Lipinski definition) is 6. The van der Waals surface area contributed by atoms with E-state index in [0.717, 1.165) is 33.9 Å². The summed E-state index contributed by atoms with van der Waals surface area (Å²) < 4.78 is 58.8. The molecule has 1 unspecified atom stereocenters. The van der Waals surface area contributed by atoms with Crippen molar-refractivity contribution in [2.75, 3.05) is 23.3 Å². The number of anilines is 2. The summed E-state index contributed by atoms with van der Waals surface area (Å²) in [6.07, 6.45) is 2.88. The summed E-state index contributed by atoms with van der Waals surface area (Å²) in [7, 11) is 1.58. The van der Waals surface area contributed by atoms with Crippen LogP contribution >= 0.6 is 11.6 Å². The monoisotopic (exact) mass is 533 g/mol. The van der Waals surface area contributed by atoms with E-state index in [1.807, 2.05) is 24.3 Å². The lowest BCUT2D eigenvalue weighted by atomic mass is 10.1. The molecular weight excluding hydrogens is 514 g/mol. The van der Waals surface area contributed by atoms with Crippen LogP contribution in [0.3, 0.4) is 0 Å². The average molecular weight is 534 g/mol. The molecule has 0 fully saturated rings. The highest BCUT2D eigenvalue weighted by Gasteiger charge is 2.22. The fourth-order valence-electron chi connectivity index (χ4n) is 3.38. The molecule has 0 aliphatic rings. The van der Waals surface area contributed by atoms with Crippen molar-refractivity contribution in [3.63, 3.8) is 0 Å². The first-order valence-corrected chi connectivity index (χ1v) is 12.0. The molecule has 1 amide bonds. The molecule has 0 radical (unpaired) electrons. The lowest BCUT2D eigenvalue weighted by Crippen LogP contribution is -2.27. The molecule has 1 aromatic heterocycles. The minimum Gasteiger partial charge on any atom is -0.755 e. The minimum absolute atomic E-state index is 0.0511. The summed E-state index contributed by atoms with van der Waals surface area (Å²) in [5.41, 5.74) is -0.685. The number of benzene rings is 2. The van der Waals surface area contributed by atoms with Crippen molar-refractivity contribution >= 4 is 40.1 Å². The van der Waals surface area contributed by atoms with Crippen LogP contribution in [-0.4, -0.2) is 33.3 Å². The van der Waals surface area contributed by atoms with Crippen LogP contribution in [0.25, 0.3) is 0 Å². The highest BCUT2D eigenvalue weighted by molar-refractivity contribution is 7.80. The summed E-state index contributed by atoms with van der Waals surface area (Å²) in [6, 6.07) is 12.1. The van der Waals surface area contributed by atoms with Crippen molar-refractivity contribution in [3.8, 4) is 11.8 Å². The third kappa shape index (κ3) is 6.34. The zero-order valence-electron chi connectivity index (χ0n) is 19.0. The fraction of sp³-hybridized carbons (Fsp3) is 0.208. The third-order valence-corrected chi connectivity index (χ3v) is 6.36. The number of hydrogen-bond donors (Lipinski definition) is 1. The number of unbranched alkanes of at least 4 members (excludes halogenated alkanes) is 1. The first kappa shape index (κ1) is 27.0. The standard InChI is InChI=1S/C24H21ClF2N4O4S/c1-35-16-7-5-15(6-8-16)4-2-3-13-31(36(33)34)20-10-9-18(26)23(21(20)25)30-24(32)17-11-12-29-19(14-28)22(17)27/h5-12H,2-4,13H2,1H3,(H,30,32)(H,33,34)/p-1. The summed E-state index contributed by atoms with van der Waals surface area (Å²) in [4.78, 5) is 16.1. The number of nitrogens with one attached hydrogen (secondary N) is 1. The number of carbonyl (C=O) groups excluding carboxylic acids is 1. The molecule has 12 heteroatoms. The Balaban J connectivity index is 1.75. The molecule has 2 aromatic carbocycles. The number of aromatic nitrogens is 1. The number of halogens is 3. The number of nitriles is 1. The number of amides is 1. The lowest BCUT2D eigenvalue weighted by molar-refractivity contribution is 0.102. The van der Waals surface area contributed by atoms with E-state index in [1.54, 1.807) is 7.11 Å². The molecule has 0 saturated carbocycles. The van der Waals surface area contributed by atoms with Gasteiger partial charge in [0.15, 0.2) is 11.5 Å². The molecule has 188 valence electrons. The van der Waals surface area contributed by atoms with Crippen LogP contribution in [0, 0.1) is 23.0 Å². The molecule has 0 aliphatic heterocycles. The van der Waals surface area contributed by atoms with Crippen molar-refractivity contribution in [1.82, 2.24) is 4.98 Å². The predicted molar refractivity (Wildman–Crippen MR) is 130 cm³/mol. The first-order chi connectivity index (χ1) is 17.3. The Bertz CT molecular complexity index is 1320. The summed E-state index contributed by atoms with van der Waals surface area (Å²) in [6.45, 7) is 0.0511. The molecule has 0 aliphatic carbocycles. The Kier molecular flexibility index (Phi) is 9.30. The molecule has 1 atom stereocenters. The number of ether oxygens (including phenoxy) is 1. The van der Waals surface area contributed by atoms with Crippen molar-refractivity contribution in [3.05, 3.63) is 82.1 Å². The van der Waals surface area contributed by atoms with E-state index in [4.69, 9.17) is 21.6 Å². The van der Waals surface area contributed by atoms with Gasteiger partial charge < -0.3 is 18.9 Å². The number of carbonyl (C=O) groups is 1. The second-order valence-electron chi connectivity index (χ2n) is 7.47. The van der Waals surface area contributed by atoms with Crippen molar-refractivity contribution < 1.29 is 27.1 Å². The van der Waals surface area contributed by atoms with Crippen molar-refractivity contribution in [2.45, 2.75) is 19.3 Å². The maximum atomic E-state index is 14.5. The van der Waals surface area contributed by atoms with Crippen LogP contribution in [0.1, 0.15) is 34.5 Å². The molecule has 0 saturated heterocycles. The van der Waals surface area contributed by atoms with E-state index >= 15 is 0 Å². The largest absolute Gasteiger partial charge is 0.755 e. The quantitative estimate of drug-likeness (QED) is 0.296. The zero-order chi connectivity index (χ0) is 26.2. The van der Waals surface area contributed by atoms with Gasteiger partial charge in [-0.05, 0) is 55.2 Å². The second kappa shape index (κ2) is 12.4. The lowest BCUT2D eigenvalue weighted by Gasteiger charge is -2.28. The molecule has 8 nitrogen and oxygen atoms in total. The van der Waals surface area contributed by atoms with E-state index < -0.39 is 45.8 Å². The molecule has 0 spiro atoms. The van der Waals surface area contributed by atoms with Crippen molar-refractivity contribution in [1.29, 1.82) is 5.26 Å². The highest BCUT2D eigenvalue weighted by Crippen LogP contribution is 2.36. The maximum Gasteiger partial charge on any atom is 0.258 e. The Labute approximate surface area is 213 Å². The topological polar surface area (TPSA) is 118 Å². The second-order valence-corrected chi connectivity index (χ2v) is 8.72. The van der Waals surface area contributed by atoms with Crippen LogP contribution in [-0.2, 0) is 17.7 Å². The fourth-order valence-corrected chi connectivity index (χ4v) is 4.32. The van der Waals surface area contributed by atoms with Gasteiger partial charge >= 0.3 is 0 Å². The number of nitrogens with zero attached hydrogens (tertiary/aromatic N) is 3. The van der Waals surface area contributed by atoms with Crippen LogP contribution in [0.5, 0.6) is 5.75 Å². The van der Waals surface area contributed by atoms with Gasteiger partial charge in [0.1, 0.15) is 17.6 Å². The van der Waals surface area contributed by atoms with Crippen LogP contribution < -0.4 is 14.4 Å². The molecule has 0 bridgehead atoms. The molecule has 1 heterocycles. The number of pyridine rings is 1. The Morgan fingerprint density at radius 2 is 1.94 bits per heavy atom. The van der Waals surface area contributed by atoms with Gasteiger partial charge in [-0.15, -0.1) is 0 Å². The number of methoxy groups -OCH3 is 1. The normalized spacial score (nSPS) is 11.4. The van der Waals surface area contributed by atoms with Gasteiger partial charge in [-0.1, -0.05) is 23.7 Å². The van der Waals surface area contributed by atoms with Gasteiger partial charge in [0.25, 0.3) is 5.91 Å². The Morgan fingerprint density at radius 1 is 1.22 bits per heavy atom. The van der Waals surface area contributed by atoms with Crippen LogP contribution in [0.15, 0.2) is 48.7 Å². The van der Waals surface area contributed by atoms with Gasteiger partial charge in [0.05, 0.1) is 29.1 Å². The van der Waals surface area contributed by atoms with E-state index in [2.05, 4.69) is 10.3 Å². The van der Waals surface area contributed by atoms with E-state index in [1.165, 1.54) is 12.1 Å². The van der Waals surface area contributed by atoms with Gasteiger partial charge in [-0.2, -0.15) is 5.26 Å². The van der Waals surface area contributed by atoms with Gasteiger partial charge in [-0.25, -0.2) is 13.8 Å². The molecule has 3 aromatic rings. The third-order valence-electron chi connectivity index (χ3n) is 5.23. The highest BCUT2D eigenvalue weighted by atomic mass is 35.5. The number of aryl methyl sites for hydroxylation is 1. The van der Waals surface area contributed by atoms with Gasteiger partial charge in [0, 0.05) is 24.0 Å². The van der Waals surface area contributed by atoms with E-state index in [9.17, 15) is 22.3 Å². The van der Waals surface area contributed by atoms with Crippen LogP contribution in [0.2, 0.25) is 5.02 Å². The van der Waals surface area contributed by atoms with Gasteiger partial charge in [0.2, 0.25) is 0 Å². The molecule has 1 N–H and O–H groups in total. The summed E-state index contributed by atoms with van der Waals surface area (Å²) >= 11 is 3.53. The Hall–Kier alpha value is -3.59. The van der Waals surface area contributed by atoms with E-state index in [0.29, 0.717) is 19.3 Å². The SMILES string of the molecule is COc1ccc(CCCCN(c2ccc(F)c(NC(=O)c3ccnc(C#N)c3F)c2Cl)S(=O)[O-])cc1. The average Bonchev–Trinajstić information content (AvgIpc) is 2.87. The first-order valence-electron chi connectivity index (χ1n) is 10.6.